The third kappa shape index (κ3) is 8.69. The number of hydrogen-bond donors (Lipinski definition) is 2. The molecule has 1 fully saturated rings. The van der Waals surface area contributed by atoms with Crippen molar-refractivity contribution in [2.24, 2.45) is 5.92 Å². The largest absolute Gasteiger partial charge is 0.353 e. The lowest BCUT2D eigenvalue weighted by Gasteiger charge is -2.27. The highest BCUT2D eigenvalue weighted by atomic mass is 31.2. The van der Waals surface area contributed by atoms with E-state index in [1.165, 1.54) is 0 Å². The molecule has 1 saturated heterocycles. The van der Waals surface area contributed by atoms with Crippen LogP contribution >= 0.6 is 7.60 Å². The number of carbonyl (C=O) groups is 1. The normalized spacial score (nSPS) is 21.5. The summed E-state index contributed by atoms with van der Waals surface area (Å²) in [4.78, 5) is 30.0. The predicted molar refractivity (Wildman–Crippen MR) is 79.1 cm³/mol. The molecule has 21 heavy (non-hydrogen) atoms. The summed E-state index contributed by atoms with van der Waals surface area (Å²) in [6.07, 6.45) is 2.95. The maximum absolute atomic E-state index is 12.0. The molecule has 0 amide bonds. The van der Waals surface area contributed by atoms with E-state index in [0.29, 0.717) is 18.9 Å². The van der Waals surface area contributed by atoms with E-state index in [1.807, 2.05) is 0 Å². The van der Waals surface area contributed by atoms with E-state index in [4.69, 9.17) is 19.3 Å². The van der Waals surface area contributed by atoms with Gasteiger partial charge in [0.1, 0.15) is 12.3 Å². The van der Waals surface area contributed by atoms with Crippen molar-refractivity contribution in [2.75, 3.05) is 12.8 Å². The second-order valence-electron chi connectivity index (χ2n) is 6.03. The van der Waals surface area contributed by atoms with Gasteiger partial charge < -0.3 is 19.3 Å². The van der Waals surface area contributed by atoms with Gasteiger partial charge in [0, 0.05) is 6.61 Å². The summed E-state index contributed by atoms with van der Waals surface area (Å²) in [7, 11) is -4.35. The molecule has 0 aliphatic carbocycles. The van der Waals surface area contributed by atoms with Crippen LogP contribution in [0.15, 0.2) is 0 Å². The SMILES string of the molecule is CC(C)CCCC(OC1CCCCO1)C(=O)CP(=O)(O)O. The molecular formula is C14H27O6P. The first kappa shape index (κ1) is 18.8. The first-order valence-electron chi connectivity index (χ1n) is 7.62. The summed E-state index contributed by atoms with van der Waals surface area (Å²) in [6, 6.07) is 0. The topological polar surface area (TPSA) is 93.1 Å². The van der Waals surface area contributed by atoms with Crippen molar-refractivity contribution < 1.29 is 28.6 Å². The Labute approximate surface area is 126 Å². The van der Waals surface area contributed by atoms with E-state index in [0.717, 1.165) is 32.1 Å². The summed E-state index contributed by atoms with van der Waals surface area (Å²) in [5.74, 6) is -0.00488. The van der Waals surface area contributed by atoms with E-state index in [9.17, 15) is 9.36 Å². The molecule has 7 heteroatoms. The monoisotopic (exact) mass is 322 g/mol. The molecule has 0 spiro atoms. The number of hydrogen-bond acceptors (Lipinski definition) is 4. The Morgan fingerprint density at radius 1 is 1.33 bits per heavy atom. The lowest BCUT2D eigenvalue weighted by molar-refractivity contribution is -0.191. The van der Waals surface area contributed by atoms with Gasteiger partial charge in [0.2, 0.25) is 0 Å². The highest BCUT2D eigenvalue weighted by Crippen LogP contribution is 2.35. The van der Waals surface area contributed by atoms with Crippen molar-refractivity contribution in [2.45, 2.75) is 64.8 Å². The van der Waals surface area contributed by atoms with Gasteiger partial charge in [0.15, 0.2) is 12.1 Å². The van der Waals surface area contributed by atoms with Crippen molar-refractivity contribution in [1.29, 1.82) is 0 Å². The molecule has 0 aromatic rings. The van der Waals surface area contributed by atoms with E-state index in [-0.39, 0.29) is 0 Å². The molecule has 1 rings (SSSR count). The molecule has 124 valence electrons. The van der Waals surface area contributed by atoms with Gasteiger partial charge in [-0.1, -0.05) is 26.7 Å². The van der Waals surface area contributed by atoms with Crippen LogP contribution in [0.4, 0.5) is 0 Å². The molecular weight excluding hydrogens is 295 g/mol. The Morgan fingerprint density at radius 3 is 2.57 bits per heavy atom. The molecule has 0 bridgehead atoms. The van der Waals surface area contributed by atoms with E-state index in [2.05, 4.69) is 13.8 Å². The average Bonchev–Trinajstić information content (AvgIpc) is 2.36. The van der Waals surface area contributed by atoms with Crippen molar-refractivity contribution in [3.05, 3.63) is 0 Å². The van der Waals surface area contributed by atoms with Crippen LogP contribution in [0.1, 0.15) is 52.4 Å². The van der Waals surface area contributed by atoms with Gasteiger partial charge in [-0.2, -0.15) is 0 Å². The second kappa shape index (κ2) is 9.01. The van der Waals surface area contributed by atoms with Crippen LogP contribution in [-0.4, -0.2) is 40.7 Å². The molecule has 1 heterocycles. The zero-order chi connectivity index (χ0) is 15.9. The Hall–Kier alpha value is -0.260. The van der Waals surface area contributed by atoms with Crippen LogP contribution in [0, 0.1) is 5.92 Å². The fraction of sp³-hybridized carbons (Fsp3) is 0.929. The highest BCUT2D eigenvalue weighted by molar-refractivity contribution is 7.52. The maximum atomic E-state index is 12.0. The van der Waals surface area contributed by atoms with Crippen LogP contribution in [0.25, 0.3) is 0 Å². The summed E-state index contributed by atoms with van der Waals surface area (Å²) in [5, 5.41) is 0. The third-order valence-electron chi connectivity index (χ3n) is 3.42. The molecule has 0 saturated carbocycles. The summed E-state index contributed by atoms with van der Waals surface area (Å²) >= 11 is 0. The minimum atomic E-state index is -4.35. The van der Waals surface area contributed by atoms with E-state index in [1.54, 1.807) is 0 Å². The van der Waals surface area contributed by atoms with Crippen molar-refractivity contribution in [3.8, 4) is 0 Å². The van der Waals surface area contributed by atoms with Crippen molar-refractivity contribution in [3.63, 3.8) is 0 Å². The lowest BCUT2D eigenvalue weighted by Crippen LogP contribution is -2.34. The molecule has 0 aromatic heterocycles. The first-order valence-corrected chi connectivity index (χ1v) is 9.42. The van der Waals surface area contributed by atoms with Crippen LogP contribution in [0.5, 0.6) is 0 Å². The average molecular weight is 322 g/mol. The van der Waals surface area contributed by atoms with Gasteiger partial charge in [0.05, 0.1) is 0 Å². The fourth-order valence-electron chi connectivity index (χ4n) is 2.32. The molecule has 1 aliphatic heterocycles. The van der Waals surface area contributed by atoms with Crippen molar-refractivity contribution >= 4 is 13.4 Å². The van der Waals surface area contributed by atoms with Gasteiger partial charge in [-0.3, -0.25) is 9.36 Å². The van der Waals surface area contributed by atoms with E-state index < -0.39 is 31.9 Å². The Kier molecular flexibility index (Phi) is 8.06. The number of Topliss-reactive ketones (excluding diaryl/α,β-unsaturated/α-hetero) is 1. The molecule has 1 aliphatic rings. The molecule has 0 aromatic carbocycles. The molecule has 2 N–H and O–H groups in total. The Morgan fingerprint density at radius 2 is 2.05 bits per heavy atom. The zero-order valence-electron chi connectivity index (χ0n) is 12.9. The van der Waals surface area contributed by atoms with Gasteiger partial charge >= 0.3 is 7.60 Å². The second-order valence-corrected chi connectivity index (χ2v) is 7.68. The third-order valence-corrected chi connectivity index (χ3v) is 4.15. The van der Waals surface area contributed by atoms with Crippen LogP contribution in [-0.2, 0) is 18.8 Å². The standard InChI is InChI=1S/C14H27O6P/c1-11(2)6-5-7-13(12(15)10-21(16,17)18)20-14-8-3-4-9-19-14/h11,13-14H,3-10H2,1-2H3,(H2,16,17,18). The van der Waals surface area contributed by atoms with Gasteiger partial charge in [-0.25, -0.2) is 0 Å². The Balaban J connectivity index is 2.55. The quantitative estimate of drug-likeness (QED) is 0.633. The number of ketones is 1. The summed E-state index contributed by atoms with van der Waals surface area (Å²) < 4.78 is 22.1. The molecule has 2 atom stereocenters. The Bertz CT molecular complexity index is 358. The number of ether oxygens (including phenoxy) is 2. The van der Waals surface area contributed by atoms with E-state index >= 15 is 0 Å². The molecule has 2 unspecified atom stereocenters. The van der Waals surface area contributed by atoms with Gasteiger partial charge in [-0.15, -0.1) is 0 Å². The minimum Gasteiger partial charge on any atom is -0.353 e. The minimum absolute atomic E-state index is 0.427. The van der Waals surface area contributed by atoms with Crippen molar-refractivity contribution in [1.82, 2.24) is 0 Å². The number of carbonyl (C=O) groups excluding carboxylic acids is 1. The van der Waals surface area contributed by atoms with Crippen LogP contribution < -0.4 is 0 Å². The summed E-state index contributed by atoms with van der Waals surface area (Å²) in [6.45, 7) is 4.80. The summed E-state index contributed by atoms with van der Waals surface area (Å²) in [5.41, 5.74) is 0. The fourth-order valence-corrected chi connectivity index (χ4v) is 2.93. The number of rotatable bonds is 9. The molecule has 6 nitrogen and oxygen atoms in total. The molecule has 0 radical (unpaired) electrons. The highest BCUT2D eigenvalue weighted by Gasteiger charge is 2.29. The van der Waals surface area contributed by atoms with Gasteiger partial charge in [0.25, 0.3) is 0 Å². The van der Waals surface area contributed by atoms with Gasteiger partial charge in [-0.05, 0) is 31.6 Å². The van der Waals surface area contributed by atoms with Crippen LogP contribution in [0.3, 0.4) is 0 Å². The smallest absolute Gasteiger partial charge is 0.333 e. The maximum Gasteiger partial charge on any atom is 0.333 e. The lowest BCUT2D eigenvalue weighted by atomic mass is 10.0. The zero-order valence-corrected chi connectivity index (χ0v) is 13.8. The first-order chi connectivity index (χ1) is 9.78. The predicted octanol–water partition coefficient (Wildman–Crippen LogP) is 2.47. The van der Waals surface area contributed by atoms with Crippen LogP contribution in [0.2, 0.25) is 0 Å².